The number of likely N-dealkylation sites (tertiary alicyclic amines) is 2. The summed E-state index contributed by atoms with van der Waals surface area (Å²) in [6, 6.07) is 9.22. The zero-order chi connectivity index (χ0) is 26.3. The van der Waals surface area contributed by atoms with Crippen molar-refractivity contribution >= 4 is 51.6 Å². The molecule has 10 heteroatoms. The molecule has 37 heavy (non-hydrogen) atoms. The van der Waals surface area contributed by atoms with E-state index >= 15 is 0 Å². The van der Waals surface area contributed by atoms with E-state index in [0.29, 0.717) is 75.9 Å². The predicted molar refractivity (Wildman–Crippen MR) is 150 cm³/mol. The summed E-state index contributed by atoms with van der Waals surface area (Å²) in [5.74, 6) is 0.346. The lowest BCUT2D eigenvalue weighted by Gasteiger charge is -2.39. The molecular formula is C27H30Cl2N6O2. The Labute approximate surface area is 225 Å². The Balaban J connectivity index is 1.55. The van der Waals surface area contributed by atoms with Crippen molar-refractivity contribution in [3.63, 3.8) is 0 Å². The number of hydrogen-bond acceptors (Lipinski definition) is 6. The first-order valence-corrected chi connectivity index (χ1v) is 13.2. The number of nitrogens with zero attached hydrogens (tertiary/aromatic N) is 4. The number of halogens is 2. The van der Waals surface area contributed by atoms with Crippen LogP contribution in [0.25, 0.3) is 22.2 Å². The van der Waals surface area contributed by atoms with Gasteiger partial charge in [0.25, 0.3) is 5.56 Å². The molecule has 0 aliphatic carbocycles. The molecule has 2 aliphatic rings. The third-order valence-electron chi connectivity index (χ3n) is 7.38. The molecule has 3 aromatic rings. The topological polar surface area (TPSA) is 96.5 Å². The van der Waals surface area contributed by atoms with Gasteiger partial charge in [0.15, 0.2) is 5.82 Å². The highest BCUT2D eigenvalue weighted by molar-refractivity contribution is 6.37. The van der Waals surface area contributed by atoms with Gasteiger partial charge in [-0.3, -0.25) is 9.59 Å². The Kier molecular flexibility index (Phi) is 7.16. The van der Waals surface area contributed by atoms with Crippen LogP contribution in [-0.2, 0) is 11.3 Å². The number of nitrogen functional groups attached to an aromatic ring is 1. The molecule has 0 radical (unpaired) electrons. The molecule has 1 amide bonds. The van der Waals surface area contributed by atoms with Crippen LogP contribution in [0, 0.1) is 5.92 Å². The zero-order valence-corrected chi connectivity index (χ0v) is 22.2. The fraction of sp³-hybridized carbons (Fsp3) is 0.370. The quantitative estimate of drug-likeness (QED) is 0.346. The molecule has 8 nitrogen and oxygen atoms in total. The van der Waals surface area contributed by atoms with E-state index in [-0.39, 0.29) is 17.4 Å². The molecule has 1 atom stereocenters. The highest BCUT2D eigenvalue weighted by Crippen LogP contribution is 2.37. The Morgan fingerprint density at radius 3 is 2.68 bits per heavy atom. The average molecular weight is 541 g/mol. The van der Waals surface area contributed by atoms with Gasteiger partial charge in [0.1, 0.15) is 0 Å². The molecular weight excluding hydrogens is 511 g/mol. The summed E-state index contributed by atoms with van der Waals surface area (Å²) in [5, 5.41) is 4.28. The first-order chi connectivity index (χ1) is 17.7. The van der Waals surface area contributed by atoms with Crippen LogP contribution >= 0.6 is 23.2 Å². The number of amides is 1. The summed E-state index contributed by atoms with van der Waals surface area (Å²) in [5.41, 5.74) is 9.03. The van der Waals surface area contributed by atoms with Crippen LogP contribution < -0.4 is 16.6 Å². The van der Waals surface area contributed by atoms with E-state index in [9.17, 15) is 9.59 Å². The zero-order valence-electron chi connectivity index (χ0n) is 20.7. The molecule has 0 bridgehead atoms. The number of hydrogen-bond donors (Lipinski definition) is 2. The molecule has 194 valence electrons. The third kappa shape index (κ3) is 5.06. The van der Waals surface area contributed by atoms with Gasteiger partial charge in [-0.2, -0.15) is 0 Å². The number of nitrogens with one attached hydrogen (secondary N) is 1. The minimum Gasteiger partial charge on any atom is -0.399 e. The summed E-state index contributed by atoms with van der Waals surface area (Å²) in [6.07, 6.45) is 3.53. The molecule has 5 rings (SSSR count). The second-order valence-corrected chi connectivity index (χ2v) is 10.7. The maximum absolute atomic E-state index is 13.6. The van der Waals surface area contributed by atoms with Crippen molar-refractivity contribution in [2.75, 3.05) is 44.3 Å². The summed E-state index contributed by atoms with van der Waals surface area (Å²) >= 11 is 13.2. The van der Waals surface area contributed by atoms with Crippen LogP contribution in [0.5, 0.6) is 0 Å². The van der Waals surface area contributed by atoms with E-state index in [1.54, 1.807) is 33.7 Å². The second kappa shape index (κ2) is 10.4. The first kappa shape index (κ1) is 25.6. The van der Waals surface area contributed by atoms with Crippen LogP contribution in [0.2, 0.25) is 10.0 Å². The number of likely N-dealkylation sites (N-methyl/N-ethyl adjacent to an activating group) is 1. The van der Waals surface area contributed by atoms with Crippen LogP contribution in [0.3, 0.4) is 0 Å². The molecule has 0 spiro atoms. The van der Waals surface area contributed by atoms with Crippen molar-refractivity contribution in [2.24, 2.45) is 5.92 Å². The molecule has 3 heterocycles. The van der Waals surface area contributed by atoms with Gasteiger partial charge in [-0.1, -0.05) is 29.8 Å². The number of rotatable bonds is 7. The molecule has 2 saturated heterocycles. The van der Waals surface area contributed by atoms with Gasteiger partial charge in [0, 0.05) is 60.0 Å². The lowest BCUT2D eigenvalue weighted by molar-refractivity contribution is -0.132. The van der Waals surface area contributed by atoms with E-state index in [0.717, 1.165) is 19.4 Å². The van der Waals surface area contributed by atoms with Gasteiger partial charge >= 0.3 is 0 Å². The predicted octanol–water partition coefficient (Wildman–Crippen LogP) is 4.10. The monoisotopic (exact) mass is 540 g/mol. The lowest BCUT2D eigenvalue weighted by Crippen LogP contribution is -2.51. The highest BCUT2D eigenvalue weighted by atomic mass is 35.5. The average Bonchev–Trinajstić information content (AvgIpc) is 3.26. The van der Waals surface area contributed by atoms with Crippen molar-refractivity contribution < 1.29 is 4.79 Å². The van der Waals surface area contributed by atoms with E-state index in [2.05, 4.69) is 23.8 Å². The first-order valence-electron chi connectivity index (χ1n) is 12.4. The van der Waals surface area contributed by atoms with Crippen molar-refractivity contribution in [2.45, 2.75) is 25.4 Å². The molecule has 3 N–H and O–H groups in total. The van der Waals surface area contributed by atoms with Gasteiger partial charge in [-0.05, 0) is 62.8 Å². The number of benzene rings is 2. The minimum atomic E-state index is -0.201. The normalized spacial score (nSPS) is 18.2. The Morgan fingerprint density at radius 2 is 1.97 bits per heavy atom. The van der Waals surface area contributed by atoms with Crippen LogP contribution in [-0.4, -0.2) is 64.5 Å². The number of fused-ring (bicyclic) bond motifs is 1. The van der Waals surface area contributed by atoms with Gasteiger partial charge in [-0.15, -0.1) is 0 Å². The SMILES string of the molecule is C=CC(=O)N1CC(Cn2c(=O)c(NC[C@@H]3CCCN3C)nc3cc(-c4cc(N)ccc4Cl)c(Cl)cc32)C1. The van der Waals surface area contributed by atoms with Crippen molar-refractivity contribution in [1.82, 2.24) is 19.4 Å². The molecule has 0 saturated carbocycles. The van der Waals surface area contributed by atoms with E-state index < -0.39 is 0 Å². The Morgan fingerprint density at radius 1 is 1.22 bits per heavy atom. The smallest absolute Gasteiger partial charge is 0.293 e. The number of carbonyl (C=O) groups excluding carboxylic acids is 1. The maximum Gasteiger partial charge on any atom is 0.293 e. The highest BCUT2D eigenvalue weighted by Gasteiger charge is 2.31. The fourth-order valence-corrected chi connectivity index (χ4v) is 5.70. The van der Waals surface area contributed by atoms with E-state index in [4.69, 9.17) is 33.9 Å². The van der Waals surface area contributed by atoms with Crippen LogP contribution in [0.1, 0.15) is 12.8 Å². The number of carbonyl (C=O) groups is 1. The van der Waals surface area contributed by atoms with Crippen LogP contribution in [0.4, 0.5) is 11.5 Å². The van der Waals surface area contributed by atoms with Crippen LogP contribution in [0.15, 0.2) is 47.8 Å². The van der Waals surface area contributed by atoms with Gasteiger partial charge in [0.2, 0.25) is 5.91 Å². The second-order valence-electron chi connectivity index (χ2n) is 9.91. The molecule has 0 unspecified atom stereocenters. The van der Waals surface area contributed by atoms with Crippen molar-refractivity contribution in [1.29, 1.82) is 0 Å². The van der Waals surface area contributed by atoms with Crippen molar-refractivity contribution in [3.8, 4) is 11.1 Å². The summed E-state index contributed by atoms with van der Waals surface area (Å²) in [6.45, 7) is 6.83. The van der Waals surface area contributed by atoms with Gasteiger partial charge in [-0.25, -0.2) is 4.98 Å². The van der Waals surface area contributed by atoms with E-state index in [1.807, 2.05) is 6.07 Å². The summed E-state index contributed by atoms with van der Waals surface area (Å²) < 4.78 is 1.72. The molecule has 1 aromatic heterocycles. The third-order valence-corrected chi connectivity index (χ3v) is 8.02. The largest absolute Gasteiger partial charge is 0.399 e. The number of nitrogens with two attached hydrogens (primary N) is 1. The fourth-order valence-electron chi connectivity index (χ4n) is 5.22. The van der Waals surface area contributed by atoms with Gasteiger partial charge in [0.05, 0.1) is 16.1 Å². The van der Waals surface area contributed by atoms with Crippen molar-refractivity contribution in [3.05, 3.63) is 63.4 Å². The summed E-state index contributed by atoms with van der Waals surface area (Å²) in [7, 11) is 2.10. The lowest BCUT2D eigenvalue weighted by atomic mass is 9.99. The maximum atomic E-state index is 13.6. The Hall–Kier alpha value is -3.07. The minimum absolute atomic E-state index is 0.0991. The van der Waals surface area contributed by atoms with Gasteiger partial charge < -0.3 is 25.4 Å². The number of anilines is 2. The molecule has 2 aliphatic heterocycles. The molecule has 2 aromatic carbocycles. The standard InChI is InChI=1S/C27H30Cl2N6O2/c1-3-25(36)34-13-16(14-34)15-35-24-11-22(29)20(19-9-17(30)6-7-21(19)28)10-23(24)32-26(27(35)37)31-12-18-5-4-8-33(18)2/h3,6-7,9-11,16,18H,1,4-5,8,12-15,30H2,2H3,(H,31,32)/t18-/m0/s1. The number of aromatic nitrogens is 2. The summed E-state index contributed by atoms with van der Waals surface area (Å²) in [4.78, 5) is 34.3. The van der Waals surface area contributed by atoms with E-state index in [1.165, 1.54) is 6.08 Å². The Bertz CT molecular complexity index is 1430. The molecule has 2 fully saturated rings.